The molecule has 0 heterocycles. The van der Waals surface area contributed by atoms with E-state index in [4.69, 9.17) is 61.3 Å². The van der Waals surface area contributed by atoms with E-state index in [1.165, 1.54) is 96.3 Å². The Morgan fingerprint density at radius 2 is 0.419 bits per heavy atom. The van der Waals surface area contributed by atoms with Gasteiger partial charge < -0.3 is 61.3 Å². The lowest BCUT2D eigenvalue weighted by Gasteiger charge is -2.36. The van der Waals surface area contributed by atoms with Crippen LogP contribution < -0.4 is 0 Å². The number of rotatable bonds is 54. The van der Waals surface area contributed by atoms with E-state index in [2.05, 4.69) is 40.8 Å². The van der Waals surface area contributed by atoms with E-state index in [0.29, 0.717) is 159 Å². The average molecular weight is 913 g/mol. The molecular formula is C48H100O13Si. The van der Waals surface area contributed by atoms with Gasteiger partial charge in [0.15, 0.2) is 8.32 Å². The van der Waals surface area contributed by atoms with Crippen molar-refractivity contribution in [2.45, 2.75) is 149 Å². The summed E-state index contributed by atoms with van der Waals surface area (Å²) >= 11 is 0. The molecule has 0 saturated heterocycles. The molecule has 0 aromatic carbocycles. The summed E-state index contributed by atoms with van der Waals surface area (Å²) in [6.45, 7) is 27.4. The Balaban J connectivity index is 3.10. The molecule has 0 aliphatic carbocycles. The van der Waals surface area contributed by atoms with Gasteiger partial charge in [-0.3, -0.25) is 0 Å². The van der Waals surface area contributed by atoms with Gasteiger partial charge >= 0.3 is 0 Å². The van der Waals surface area contributed by atoms with Crippen LogP contribution in [0.1, 0.15) is 130 Å². The molecule has 0 bridgehead atoms. The fourth-order valence-corrected chi connectivity index (χ4v) is 6.87. The first-order chi connectivity index (χ1) is 30.3. The SMILES string of the molecule is CCCCCCCCCCCCCCCCCCOCCOCCOCCOCCOCCOCCOCCOCCOCCOCCOCCOCCO[Si](C)(C)C(C)(C)C. The van der Waals surface area contributed by atoms with Gasteiger partial charge in [-0.05, 0) is 24.6 Å². The van der Waals surface area contributed by atoms with E-state index in [-0.39, 0.29) is 5.04 Å². The van der Waals surface area contributed by atoms with E-state index in [1.54, 1.807) is 0 Å². The van der Waals surface area contributed by atoms with Crippen LogP contribution in [-0.4, -0.2) is 173 Å². The third-order valence-corrected chi connectivity index (χ3v) is 15.3. The Hall–Kier alpha value is -0.303. The lowest BCUT2D eigenvalue weighted by molar-refractivity contribution is -0.0285. The van der Waals surface area contributed by atoms with Crippen molar-refractivity contribution in [1.82, 2.24) is 0 Å². The Kier molecular flexibility index (Phi) is 49.9. The highest BCUT2D eigenvalue weighted by Gasteiger charge is 2.36. The first-order valence-corrected chi connectivity index (χ1v) is 27.8. The molecule has 374 valence electrons. The molecule has 0 spiro atoms. The van der Waals surface area contributed by atoms with Gasteiger partial charge in [0.1, 0.15) is 0 Å². The van der Waals surface area contributed by atoms with E-state index in [0.717, 1.165) is 13.0 Å². The molecule has 0 N–H and O–H groups in total. The number of hydrogen-bond acceptors (Lipinski definition) is 13. The summed E-state index contributed by atoms with van der Waals surface area (Å²) in [5, 5.41) is 0.216. The Morgan fingerprint density at radius 1 is 0.242 bits per heavy atom. The van der Waals surface area contributed by atoms with Crippen molar-refractivity contribution in [2.75, 3.05) is 165 Å². The van der Waals surface area contributed by atoms with E-state index in [1.807, 2.05) is 0 Å². The fourth-order valence-electron chi connectivity index (χ4n) is 5.85. The monoisotopic (exact) mass is 913 g/mol. The average Bonchev–Trinajstić information content (AvgIpc) is 3.25. The zero-order chi connectivity index (χ0) is 45.2. The van der Waals surface area contributed by atoms with E-state index < -0.39 is 8.32 Å². The molecule has 0 aliphatic heterocycles. The van der Waals surface area contributed by atoms with Gasteiger partial charge in [0, 0.05) is 6.61 Å². The largest absolute Gasteiger partial charge is 0.414 e. The van der Waals surface area contributed by atoms with Crippen LogP contribution in [0, 0.1) is 0 Å². The summed E-state index contributed by atoms with van der Waals surface area (Å²) in [4.78, 5) is 0. The molecule has 0 saturated carbocycles. The molecule has 0 aliphatic rings. The molecule has 0 aromatic heterocycles. The van der Waals surface area contributed by atoms with Crippen LogP contribution in [0.25, 0.3) is 0 Å². The normalized spacial score (nSPS) is 12.3. The molecule has 0 amide bonds. The summed E-state index contributed by atoms with van der Waals surface area (Å²) < 4.78 is 72.8. The van der Waals surface area contributed by atoms with Gasteiger partial charge in [0.05, 0.1) is 159 Å². The summed E-state index contributed by atoms with van der Waals surface area (Å²) in [5.41, 5.74) is 0. The van der Waals surface area contributed by atoms with Crippen LogP contribution in [0.4, 0.5) is 0 Å². The van der Waals surface area contributed by atoms with Crippen LogP contribution in [0.5, 0.6) is 0 Å². The van der Waals surface area contributed by atoms with Gasteiger partial charge in [0.2, 0.25) is 0 Å². The van der Waals surface area contributed by atoms with E-state index in [9.17, 15) is 0 Å². The molecule has 13 nitrogen and oxygen atoms in total. The first kappa shape index (κ1) is 61.7. The second-order valence-corrected chi connectivity index (χ2v) is 22.1. The van der Waals surface area contributed by atoms with Crippen LogP contribution >= 0.6 is 0 Å². The number of unbranched alkanes of at least 4 members (excludes halogenated alkanes) is 15. The van der Waals surface area contributed by atoms with Crippen LogP contribution in [0.2, 0.25) is 18.1 Å². The highest BCUT2D eigenvalue weighted by atomic mass is 28.4. The molecule has 0 unspecified atom stereocenters. The second-order valence-electron chi connectivity index (χ2n) is 17.3. The summed E-state index contributed by atoms with van der Waals surface area (Å²) in [7, 11) is -1.70. The maximum absolute atomic E-state index is 6.09. The maximum atomic E-state index is 6.09. The van der Waals surface area contributed by atoms with Gasteiger partial charge in [0.25, 0.3) is 0 Å². The van der Waals surface area contributed by atoms with E-state index >= 15 is 0 Å². The van der Waals surface area contributed by atoms with Gasteiger partial charge in [-0.1, -0.05) is 124 Å². The van der Waals surface area contributed by atoms with Gasteiger partial charge in [-0.2, -0.15) is 0 Å². The third kappa shape index (κ3) is 49.1. The molecule has 0 atom stereocenters. The van der Waals surface area contributed by atoms with Crippen molar-refractivity contribution < 1.29 is 61.3 Å². The van der Waals surface area contributed by atoms with Gasteiger partial charge in [-0.25, -0.2) is 0 Å². The lowest BCUT2D eigenvalue weighted by atomic mass is 10.0. The van der Waals surface area contributed by atoms with Crippen molar-refractivity contribution >= 4 is 8.32 Å². The Bertz CT molecular complexity index is 837. The Morgan fingerprint density at radius 3 is 0.629 bits per heavy atom. The highest BCUT2D eigenvalue weighted by Crippen LogP contribution is 2.36. The van der Waals surface area contributed by atoms with Crippen molar-refractivity contribution in [1.29, 1.82) is 0 Å². The highest BCUT2D eigenvalue weighted by molar-refractivity contribution is 6.74. The quantitative estimate of drug-likeness (QED) is 0.0426. The van der Waals surface area contributed by atoms with Crippen molar-refractivity contribution in [3.8, 4) is 0 Å². The predicted octanol–water partition coefficient (Wildman–Crippen LogP) is 9.47. The predicted molar refractivity (Wildman–Crippen MR) is 253 cm³/mol. The summed E-state index contributed by atoms with van der Waals surface area (Å²) in [6, 6.07) is 0. The van der Waals surface area contributed by atoms with Crippen molar-refractivity contribution in [2.24, 2.45) is 0 Å². The second kappa shape index (κ2) is 50.1. The lowest BCUT2D eigenvalue weighted by Crippen LogP contribution is -2.41. The summed E-state index contributed by atoms with van der Waals surface area (Å²) in [5.74, 6) is 0. The number of ether oxygens (including phenoxy) is 12. The molecule has 14 heteroatoms. The van der Waals surface area contributed by atoms with Crippen molar-refractivity contribution in [3.05, 3.63) is 0 Å². The smallest absolute Gasteiger partial charge is 0.192 e. The fraction of sp³-hybridized carbons (Fsp3) is 1.00. The minimum Gasteiger partial charge on any atom is -0.414 e. The standard InChI is InChI=1S/C48H100O13Si/c1-7-8-9-10-11-12-13-14-15-16-17-18-19-20-21-22-23-49-24-25-50-26-27-51-28-29-52-30-31-53-32-33-54-34-35-55-36-37-56-38-39-57-40-41-58-42-43-59-44-45-60-46-47-61-62(5,6)48(2,3)4/h7-47H2,1-6H3. The number of hydrogen-bond donors (Lipinski definition) is 0. The molecule has 0 rings (SSSR count). The zero-order valence-electron chi connectivity index (χ0n) is 41.3. The minimum atomic E-state index is -1.70. The molecule has 0 aromatic rings. The zero-order valence-corrected chi connectivity index (χ0v) is 42.3. The third-order valence-electron chi connectivity index (χ3n) is 10.7. The molecule has 0 radical (unpaired) electrons. The van der Waals surface area contributed by atoms with Crippen LogP contribution in [0.15, 0.2) is 0 Å². The van der Waals surface area contributed by atoms with Crippen molar-refractivity contribution in [3.63, 3.8) is 0 Å². The first-order valence-electron chi connectivity index (χ1n) is 24.9. The van der Waals surface area contributed by atoms with Crippen LogP contribution in [0.3, 0.4) is 0 Å². The molecule has 0 fully saturated rings. The van der Waals surface area contributed by atoms with Crippen LogP contribution in [-0.2, 0) is 61.3 Å². The minimum absolute atomic E-state index is 0.216. The topological polar surface area (TPSA) is 120 Å². The Labute approximate surface area is 382 Å². The molecular weight excluding hydrogens is 813 g/mol. The maximum Gasteiger partial charge on any atom is 0.192 e. The van der Waals surface area contributed by atoms with Gasteiger partial charge in [-0.15, -0.1) is 0 Å². The summed E-state index contributed by atoms with van der Waals surface area (Å²) in [6.07, 6.45) is 22.2. The molecule has 62 heavy (non-hydrogen) atoms.